The molecule has 0 aliphatic rings. The lowest BCUT2D eigenvalue weighted by atomic mass is 10.2. The Morgan fingerprint density at radius 1 is 1.69 bits per heavy atom. The average molecular weight is 203 g/mol. The summed E-state index contributed by atoms with van der Waals surface area (Å²) in [5, 5.41) is 8.48. The summed E-state index contributed by atoms with van der Waals surface area (Å²) >= 11 is 1.69. The molecule has 4 heteroatoms. The van der Waals surface area contributed by atoms with Gasteiger partial charge >= 0.3 is 5.97 Å². The van der Waals surface area contributed by atoms with Crippen LogP contribution in [0.4, 0.5) is 0 Å². The van der Waals surface area contributed by atoms with Crippen molar-refractivity contribution >= 4 is 17.7 Å². The smallest absolute Gasteiger partial charge is 0.320 e. The predicted molar refractivity (Wildman–Crippen MR) is 57.0 cm³/mol. The van der Waals surface area contributed by atoms with Crippen LogP contribution in [-0.2, 0) is 4.79 Å². The Hall–Kier alpha value is -0.480. The number of carbonyl (C=O) groups is 1. The van der Waals surface area contributed by atoms with E-state index in [2.05, 4.69) is 13.5 Å². The second-order valence-corrected chi connectivity index (χ2v) is 3.99. The minimum absolute atomic E-state index is 0.525. The van der Waals surface area contributed by atoms with Crippen molar-refractivity contribution in [3.05, 3.63) is 12.2 Å². The van der Waals surface area contributed by atoms with Gasteiger partial charge in [-0.25, -0.2) is 0 Å². The van der Waals surface area contributed by atoms with Gasteiger partial charge in [0.2, 0.25) is 0 Å². The number of thioether (sulfide) groups is 1. The van der Waals surface area contributed by atoms with E-state index in [4.69, 9.17) is 10.8 Å². The van der Waals surface area contributed by atoms with Gasteiger partial charge in [0.15, 0.2) is 0 Å². The highest BCUT2D eigenvalue weighted by Gasteiger charge is 2.09. The zero-order valence-electron chi connectivity index (χ0n) is 7.95. The molecule has 3 nitrogen and oxygen atoms in total. The van der Waals surface area contributed by atoms with E-state index >= 15 is 0 Å². The molecular weight excluding hydrogens is 186 g/mol. The van der Waals surface area contributed by atoms with E-state index in [1.165, 1.54) is 5.57 Å². The van der Waals surface area contributed by atoms with Gasteiger partial charge in [0.1, 0.15) is 6.04 Å². The minimum Gasteiger partial charge on any atom is -0.480 e. The summed E-state index contributed by atoms with van der Waals surface area (Å²) in [6.45, 7) is 5.92. The third-order valence-corrected chi connectivity index (χ3v) is 2.83. The minimum atomic E-state index is -0.921. The molecule has 0 aromatic rings. The third-order valence-electron chi connectivity index (χ3n) is 1.70. The van der Waals surface area contributed by atoms with E-state index in [1.54, 1.807) is 11.8 Å². The predicted octanol–water partition coefficient (Wildman–Crippen LogP) is 1.49. The van der Waals surface area contributed by atoms with Crippen molar-refractivity contribution < 1.29 is 9.90 Å². The van der Waals surface area contributed by atoms with Crippen LogP contribution in [0.5, 0.6) is 0 Å². The molecule has 0 saturated carbocycles. The molecule has 0 aliphatic carbocycles. The summed E-state index contributed by atoms with van der Waals surface area (Å²) in [5.74, 6) is 0.768. The summed E-state index contributed by atoms with van der Waals surface area (Å²) in [6, 6.07) is -0.720. The topological polar surface area (TPSA) is 63.3 Å². The number of nitrogens with two attached hydrogens (primary N) is 1. The molecule has 0 aromatic heterocycles. The van der Waals surface area contributed by atoms with Gasteiger partial charge < -0.3 is 10.8 Å². The zero-order valence-corrected chi connectivity index (χ0v) is 8.77. The number of hydrogen-bond donors (Lipinski definition) is 2. The number of rotatable bonds is 7. The Morgan fingerprint density at radius 2 is 2.31 bits per heavy atom. The fourth-order valence-electron chi connectivity index (χ4n) is 0.652. The number of carboxylic acids is 1. The van der Waals surface area contributed by atoms with E-state index in [0.717, 1.165) is 17.9 Å². The highest BCUT2D eigenvalue weighted by molar-refractivity contribution is 7.99. The Bertz CT molecular complexity index is 182. The molecular formula is C9H17NO2S. The molecule has 0 saturated heterocycles. The van der Waals surface area contributed by atoms with Crippen molar-refractivity contribution in [1.29, 1.82) is 0 Å². The van der Waals surface area contributed by atoms with Crippen molar-refractivity contribution in [2.75, 3.05) is 11.5 Å². The number of carboxylic acid groups (broad SMARTS) is 1. The van der Waals surface area contributed by atoms with Gasteiger partial charge in [-0.05, 0) is 18.6 Å². The lowest BCUT2D eigenvalue weighted by Crippen LogP contribution is -2.30. The van der Waals surface area contributed by atoms with Crippen molar-refractivity contribution in [1.82, 2.24) is 0 Å². The molecule has 0 rings (SSSR count). The van der Waals surface area contributed by atoms with Crippen LogP contribution in [0.15, 0.2) is 12.2 Å². The highest BCUT2D eigenvalue weighted by atomic mass is 32.2. The molecule has 0 heterocycles. The molecule has 0 spiro atoms. The Morgan fingerprint density at radius 3 is 2.77 bits per heavy atom. The molecule has 3 N–H and O–H groups in total. The van der Waals surface area contributed by atoms with Crippen molar-refractivity contribution in [3.63, 3.8) is 0 Å². The van der Waals surface area contributed by atoms with Crippen LogP contribution < -0.4 is 5.73 Å². The standard InChI is InChI=1S/C9H17NO2S/c1-3-7(2)6-13-5-4-8(10)9(11)12/h8H,2-6,10H2,1H3,(H,11,12). The zero-order chi connectivity index (χ0) is 10.3. The first-order chi connectivity index (χ1) is 6.07. The largest absolute Gasteiger partial charge is 0.480 e. The molecule has 76 valence electrons. The summed E-state index contributed by atoms with van der Waals surface area (Å²) in [4.78, 5) is 10.3. The van der Waals surface area contributed by atoms with Crippen LogP contribution >= 0.6 is 11.8 Å². The number of hydrogen-bond acceptors (Lipinski definition) is 3. The second-order valence-electron chi connectivity index (χ2n) is 2.89. The molecule has 13 heavy (non-hydrogen) atoms. The van der Waals surface area contributed by atoms with Gasteiger partial charge in [-0.2, -0.15) is 11.8 Å². The maximum absolute atomic E-state index is 10.3. The van der Waals surface area contributed by atoms with Gasteiger partial charge in [0.05, 0.1) is 0 Å². The van der Waals surface area contributed by atoms with E-state index in [1.807, 2.05) is 0 Å². The van der Waals surface area contributed by atoms with Gasteiger partial charge in [-0.15, -0.1) is 0 Å². The van der Waals surface area contributed by atoms with E-state index < -0.39 is 12.0 Å². The van der Waals surface area contributed by atoms with Crippen LogP contribution in [0.2, 0.25) is 0 Å². The first kappa shape index (κ1) is 12.5. The van der Waals surface area contributed by atoms with Gasteiger partial charge in [-0.3, -0.25) is 4.79 Å². The van der Waals surface area contributed by atoms with E-state index in [0.29, 0.717) is 6.42 Å². The van der Waals surface area contributed by atoms with E-state index in [9.17, 15) is 4.79 Å². The van der Waals surface area contributed by atoms with Crippen molar-refractivity contribution in [3.8, 4) is 0 Å². The monoisotopic (exact) mass is 203 g/mol. The van der Waals surface area contributed by atoms with Gasteiger partial charge in [-0.1, -0.05) is 19.1 Å². The SMILES string of the molecule is C=C(CC)CSCCC(N)C(=O)O. The molecule has 0 aromatic carbocycles. The normalized spacial score (nSPS) is 12.5. The summed E-state index contributed by atoms with van der Waals surface area (Å²) in [5.41, 5.74) is 6.52. The van der Waals surface area contributed by atoms with Crippen LogP contribution in [0.3, 0.4) is 0 Å². The van der Waals surface area contributed by atoms with Crippen LogP contribution in [0.25, 0.3) is 0 Å². The lowest BCUT2D eigenvalue weighted by Gasteiger charge is -2.06. The molecule has 0 radical (unpaired) electrons. The molecule has 0 bridgehead atoms. The van der Waals surface area contributed by atoms with Crippen LogP contribution in [0.1, 0.15) is 19.8 Å². The van der Waals surface area contributed by atoms with Crippen LogP contribution in [0, 0.1) is 0 Å². The molecule has 0 aliphatic heterocycles. The van der Waals surface area contributed by atoms with E-state index in [-0.39, 0.29) is 0 Å². The maximum Gasteiger partial charge on any atom is 0.320 e. The Kier molecular flexibility index (Phi) is 6.72. The maximum atomic E-state index is 10.3. The first-order valence-electron chi connectivity index (χ1n) is 4.30. The highest BCUT2D eigenvalue weighted by Crippen LogP contribution is 2.10. The summed E-state index contributed by atoms with van der Waals surface area (Å²) in [7, 11) is 0. The van der Waals surface area contributed by atoms with Crippen LogP contribution in [-0.4, -0.2) is 28.6 Å². The first-order valence-corrected chi connectivity index (χ1v) is 5.46. The Labute approximate surface area is 83.4 Å². The third kappa shape index (κ3) is 6.66. The molecule has 1 unspecified atom stereocenters. The molecule has 1 atom stereocenters. The summed E-state index contributed by atoms with van der Waals surface area (Å²) < 4.78 is 0. The quantitative estimate of drug-likeness (QED) is 0.486. The van der Waals surface area contributed by atoms with Gasteiger partial charge in [0.25, 0.3) is 0 Å². The fourth-order valence-corrected chi connectivity index (χ4v) is 1.71. The lowest BCUT2D eigenvalue weighted by molar-refractivity contribution is -0.138. The van der Waals surface area contributed by atoms with Crippen molar-refractivity contribution in [2.24, 2.45) is 5.73 Å². The average Bonchev–Trinajstić information content (AvgIpc) is 2.11. The fraction of sp³-hybridized carbons (Fsp3) is 0.667. The van der Waals surface area contributed by atoms with Gasteiger partial charge in [0, 0.05) is 5.75 Å². The van der Waals surface area contributed by atoms with Crippen molar-refractivity contribution in [2.45, 2.75) is 25.8 Å². The molecule has 0 fully saturated rings. The number of aliphatic carboxylic acids is 1. The summed E-state index contributed by atoms with van der Waals surface area (Å²) in [6.07, 6.45) is 1.51. The molecule has 0 amide bonds. The Balaban J connectivity index is 3.35. The second kappa shape index (κ2) is 6.97.